The molecule has 1 aromatic carbocycles. The molecule has 0 spiro atoms. The number of ether oxygens (including phenoxy) is 1. The number of nitrogens with one attached hydrogen (secondary N) is 1. The fraction of sp³-hybridized carbons (Fsp3) is 0.467. The summed E-state index contributed by atoms with van der Waals surface area (Å²) in [5.74, 6) is -0.503. The van der Waals surface area contributed by atoms with Crippen LogP contribution in [0.4, 0.5) is 5.69 Å². The Morgan fingerprint density at radius 2 is 2.08 bits per heavy atom. The van der Waals surface area contributed by atoms with E-state index in [-0.39, 0.29) is 23.3 Å². The van der Waals surface area contributed by atoms with Crippen LogP contribution in [0.3, 0.4) is 0 Å². The number of hydrogen-bond donors (Lipinski definition) is 2. The number of primary amides is 1. The predicted octanol–water partition coefficient (Wildman–Crippen LogP) is 0.220. The van der Waals surface area contributed by atoms with Gasteiger partial charge in [-0.15, -0.1) is 0 Å². The van der Waals surface area contributed by atoms with Gasteiger partial charge in [-0.3, -0.25) is 9.59 Å². The molecular formula is C15H21N3O5S. The van der Waals surface area contributed by atoms with Crippen LogP contribution in [0.15, 0.2) is 23.1 Å². The van der Waals surface area contributed by atoms with Crippen molar-refractivity contribution in [3.63, 3.8) is 0 Å². The molecule has 1 unspecified atom stereocenters. The summed E-state index contributed by atoms with van der Waals surface area (Å²) in [4.78, 5) is 24.4. The number of rotatable bonds is 6. The predicted molar refractivity (Wildman–Crippen MR) is 88.1 cm³/mol. The minimum atomic E-state index is -3.97. The number of hydrogen-bond acceptors (Lipinski definition) is 5. The molecule has 132 valence electrons. The lowest BCUT2D eigenvalue weighted by Crippen LogP contribution is -2.45. The van der Waals surface area contributed by atoms with E-state index >= 15 is 0 Å². The van der Waals surface area contributed by atoms with E-state index in [1.54, 1.807) is 7.05 Å². The Balaban J connectivity index is 2.33. The smallest absolute Gasteiger partial charge is 0.264 e. The number of nitrogens with zero attached hydrogens (tertiary/aromatic N) is 1. The molecule has 0 saturated carbocycles. The van der Waals surface area contributed by atoms with Crippen LogP contribution in [-0.4, -0.2) is 39.9 Å². The fourth-order valence-corrected chi connectivity index (χ4v) is 3.61. The summed E-state index contributed by atoms with van der Waals surface area (Å²) < 4.78 is 32.7. The van der Waals surface area contributed by atoms with Crippen molar-refractivity contribution in [3.05, 3.63) is 18.2 Å². The minimum absolute atomic E-state index is 0.0681. The van der Waals surface area contributed by atoms with Gasteiger partial charge in [-0.05, 0) is 30.5 Å². The Morgan fingerprint density at radius 3 is 2.67 bits per heavy atom. The summed E-state index contributed by atoms with van der Waals surface area (Å²) in [5.41, 5.74) is 5.64. The van der Waals surface area contributed by atoms with Crippen molar-refractivity contribution in [1.29, 1.82) is 0 Å². The highest BCUT2D eigenvalue weighted by Gasteiger charge is 2.28. The largest absolute Gasteiger partial charge is 0.482 e. The fourth-order valence-electron chi connectivity index (χ4n) is 2.37. The van der Waals surface area contributed by atoms with Crippen LogP contribution in [0.25, 0.3) is 0 Å². The van der Waals surface area contributed by atoms with Gasteiger partial charge in [0.05, 0.1) is 10.6 Å². The van der Waals surface area contributed by atoms with E-state index < -0.39 is 22.0 Å². The van der Waals surface area contributed by atoms with E-state index in [4.69, 9.17) is 10.5 Å². The second kappa shape index (κ2) is 6.78. The summed E-state index contributed by atoms with van der Waals surface area (Å²) >= 11 is 0. The first kappa shape index (κ1) is 18.2. The maximum absolute atomic E-state index is 12.5. The molecule has 1 heterocycles. The van der Waals surface area contributed by atoms with Crippen molar-refractivity contribution >= 4 is 27.5 Å². The number of sulfonamides is 1. The number of nitrogens with two attached hydrogens (primary N) is 1. The van der Waals surface area contributed by atoms with Crippen molar-refractivity contribution < 1.29 is 22.7 Å². The van der Waals surface area contributed by atoms with Crippen LogP contribution in [0.5, 0.6) is 5.75 Å². The molecule has 8 nitrogen and oxygen atoms in total. The molecule has 2 amide bonds. The Bertz CT molecular complexity index is 760. The first-order chi connectivity index (χ1) is 11.1. The van der Waals surface area contributed by atoms with Gasteiger partial charge in [0.2, 0.25) is 15.9 Å². The molecular weight excluding hydrogens is 334 g/mol. The molecule has 0 aliphatic carbocycles. The summed E-state index contributed by atoms with van der Waals surface area (Å²) in [6.45, 7) is 3.63. The van der Waals surface area contributed by atoms with Gasteiger partial charge in [0.25, 0.3) is 5.91 Å². The van der Waals surface area contributed by atoms with Crippen LogP contribution < -0.4 is 20.1 Å². The third-order valence-corrected chi connectivity index (χ3v) is 5.14. The Labute approximate surface area is 141 Å². The minimum Gasteiger partial charge on any atom is -0.482 e. The van der Waals surface area contributed by atoms with Gasteiger partial charge in [-0.2, -0.15) is 4.72 Å². The third kappa shape index (κ3) is 3.85. The van der Waals surface area contributed by atoms with Crippen LogP contribution in [0.2, 0.25) is 0 Å². The molecule has 1 aliphatic rings. The van der Waals surface area contributed by atoms with Crippen molar-refractivity contribution in [2.45, 2.75) is 31.2 Å². The number of anilines is 1. The Kier molecular flexibility index (Phi) is 5.14. The van der Waals surface area contributed by atoms with Gasteiger partial charge in [0.1, 0.15) is 11.8 Å². The molecule has 24 heavy (non-hydrogen) atoms. The quantitative estimate of drug-likeness (QED) is 0.756. The second-order valence-corrected chi connectivity index (χ2v) is 7.79. The van der Waals surface area contributed by atoms with Gasteiger partial charge in [-0.1, -0.05) is 13.8 Å². The molecule has 0 saturated heterocycles. The summed E-state index contributed by atoms with van der Waals surface area (Å²) in [7, 11) is -2.43. The monoisotopic (exact) mass is 355 g/mol. The van der Waals surface area contributed by atoms with E-state index in [0.29, 0.717) is 17.9 Å². The van der Waals surface area contributed by atoms with Crippen molar-refractivity contribution in [1.82, 2.24) is 4.72 Å². The lowest BCUT2D eigenvalue weighted by Gasteiger charge is -2.26. The number of amides is 2. The molecule has 0 fully saturated rings. The highest BCUT2D eigenvalue weighted by atomic mass is 32.2. The molecule has 1 atom stereocenters. The average Bonchev–Trinajstić information content (AvgIpc) is 2.49. The highest BCUT2D eigenvalue weighted by molar-refractivity contribution is 7.89. The zero-order valence-corrected chi connectivity index (χ0v) is 14.6. The molecule has 1 aromatic rings. The molecule has 2 rings (SSSR count). The number of benzene rings is 1. The van der Waals surface area contributed by atoms with Crippen molar-refractivity contribution in [3.8, 4) is 5.75 Å². The van der Waals surface area contributed by atoms with Crippen molar-refractivity contribution in [2.24, 2.45) is 11.7 Å². The van der Waals surface area contributed by atoms with E-state index in [2.05, 4.69) is 4.72 Å². The number of carbonyl (C=O) groups excluding carboxylic acids is 2. The lowest BCUT2D eigenvalue weighted by molar-refractivity contribution is -0.121. The first-order valence-electron chi connectivity index (χ1n) is 7.47. The molecule has 1 aliphatic heterocycles. The van der Waals surface area contributed by atoms with E-state index in [1.165, 1.54) is 23.1 Å². The van der Waals surface area contributed by atoms with Gasteiger partial charge in [0.15, 0.2) is 6.61 Å². The van der Waals surface area contributed by atoms with Crippen LogP contribution in [-0.2, 0) is 19.6 Å². The van der Waals surface area contributed by atoms with Gasteiger partial charge in [0, 0.05) is 7.05 Å². The normalized spacial score (nSPS) is 15.8. The first-order valence-corrected chi connectivity index (χ1v) is 8.95. The van der Waals surface area contributed by atoms with Gasteiger partial charge in [-0.25, -0.2) is 8.42 Å². The summed E-state index contributed by atoms with van der Waals surface area (Å²) in [6, 6.07) is 3.18. The van der Waals surface area contributed by atoms with Crippen LogP contribution in [0, 0.1) is 5.92 Å². The van der Waals surface area contributed by atoms with Crippen molar-refractivity contribution in [2.75, 3.05) is 18.6 Å². The van der Waals surface area contributed by atoms with Crippen LogP contribution >= 0.6 is 0 Å². The standard InChI is InChI=1S/C15H21N3O5S/c1-9(2)6-11(15(16)20)17-24(21,22)10-4-5-13-12(7-10)18(3)14(19)8-23-13/h4-5,7,9,11,17H,6,8H2,1-3H3,(H2,16,20). The highest BCUT2D eigenvalue weighted by Crippen LogP contribution is 2.33. The molecule has 0 aromatic heterocycles. The third-order valence-electron chi connectivity index (χ3n) is 3.68. The molecule has 9 heteroatoms. The maximum Gasteiger partial charge on any atom is 0.264 e. The molecule has 0 radical (unpaired) electrons. The lowest BCUT2D eigenvalue weighted by atomic mass is 10.0. The van der Waals surface area contributed by atoms with E-state index in [9.17, 15) is 18.0 Å². The van der Waals surface area contributed by atoms with Crippen LogP contribution in [0.1, 0.15) is 20.3 Å². The Hall–Kier alpha value is -2.13. The Morgan fingerprint density at radius 1 is 1.42 bits per heavy atom. The number of carbonyl (C=O) groups is 2. The molecule has 0 bridgehead atoms. The average molecular weight is 355 g/mol. The zero-order valence-electron chi connectivity index (χ0n) is 13.8. The maximum atomic E-state index is 12.5. The SMILES string of the molecule is CC(C)CC(NS(=O)(=O)c1ccc2c(c1)N(C)C(=O)CO2)C(N)=O. The summed E-state index contributed by atoms with van der Waals surface area (Å²) in [5, 5.41) is 0. The number of fused-ring (bicyclic) bond motifs is 1. The van der Waals surface area contributed by atoms with E-state index in [1.807, 2.05) is 13.8 Å². The molecule has 3 N–H and O–H groups in total. The topological polar surface area (TPSA) is 119 Å². The summed E-state index contributed by atoms with van der Waals surface area (Å²) in [6.07, 6.45) is 0.293. The zero-order chi connectivity index (χ0) is 18.1. The number of likely N-dealkylation sites (N-methyl/N-ethyl adjacent to an activating group) is 1. The van der Waals surface area contributed by atoms with E-state index in [0.717, 1.165) is 0 Å². The van der Waals surface area contributed by atoms with Gasteiger partial charge >= 0.3 is 0 Å². The second-order valence-electron chi connectivity index (χ2n) is 6.08. The van der Waals surface area contributed by atoms with Gasteiger partial charge < -0.3 is 15.4 Å².